The number of aromatic nitrogens is 2. The first kappa shape index (κ1) is 13.2. The minimum atomic E-state index is -0.872. The zero-order valence-corrected chi connectivity index (χ0v) is 10.5. The van der Waals surface area contributed by atoms with Gasteiger partial charge in [0.25, 0.3) is 0 Å². The summed E-state index contributed by atoms with van der Waals surface area (Å²) in [5, 5.41) is 2.93. The van der Waals surface area contributed by atoms with E-state index in [4.69, 9.17) is 10.5 Å². The third-order valence-electron chi connectivity index (χ3n) is 2.06. The van der Waals surface area contributed by atoms with Crippen molar-refractivity contribution in [2.45, 2.75) is 39.3 Å². The van der Waals surface area contributed by atoms with Crippen molar-refractivity contribution >= 4 is 11.7 Å². The monoisotopic (exact) mass is 238 g/mol. The van der Waals surface area contributed by atoms with Crippen LogP contribution in [-0.2, 0) is 4.79 Å². The molecule has 6 heteroatoms. The normalized spacial score (nSPS) is 11.4. The van der Waals surface area contributed by atoms with Crippen LogP contribution in [0.15, 0.2) is 12.4 Å². The Balaban J connectivity index is 2.82. The molecule has 0 fully saturated rings. The van der Waals surface area contributed by atoms with Gasteiger partial charge in [0.2, 0.25) is 11.8 Å². The van der Waals surface area contributed by atoms with Gasteiger partial charge in [-0.1, -0.05) is 0 Å². The SMILES string of the molecule is CC(C)Oc1cc(NC(C)(C)C(N)=O)ncn1. The second kappa shape index (κ2) is 4.99. The van der Waals surface area contributed by atoms with Gasteiger partial charge in [0.1, 0.15) is 17.7 Å². The van der Waals surface area contributed by atoms with Gasteiger partial charge >= 0.3 is 0 Å². The molecular weight excluding hydrogens is 220 g/mol. The van der Waals surface area contributed by atoms with Crippen LogP contribution in [0.1, 0.15) is 27.7 Å². The van der Waals surface area contributed by atoms with Crippen molar-refractivity contribution in [3.8, 4) is 5.88 Å². The Hall–Kier alpha value is -1.85. The number of amides is 1. The van der Waals surface area contributed by atoms with E-state index in [1.807, 2.05) is 13.8 Å². The van der Waals surface area contributed by atoms with Crippen molar-refractivity contribution in [3.63, 3.8) is 0 Å². The molecule has 1 aromatic rings. The molecule has 17 heavy (non-hydrogen) atoms. The number of primary amides is 1. The molecule has 0 unspecified atom stereocenters. The first-order valence-corrected chi connectivity index (χ1v) is 5.38. The first-order chi connectivity index (χ1) is 7.81. The lowest BCUT2D eigenvalue weighted by molar-refractivity contribution is -0.121. The number of nitrogens with one attached hydrogen (secondary N) is 1. The van der Waals surface area contributed by atoms with Crippen LogP contribution in [0, 0.1) is 0 Å². The maximum absolute atomic E-state index is 11.2. The maximum Gasteiger partial charge on any atom is 0.242 e. The van der Waals surface area contributed by atoms with Crippen molar-refractivity contribution in [3.05, 3.63) is 12.4 Å². The Morgan fingerprint density at radius 3 is 2.65 bits per heavy atom. The Bertz CT molecular complexity index is 404. The Morgan fingerprint density at radius 1 is 1.47 bits per heavy atom. The molecular formula is C11H18N4O2. The predicted molar refractivity (Wildman–Crippen MR) is 64.7 cm³/mol. The van der Waals surface area contributed by atoms with E-state index in [1.54, 1.807) is 19.9 Å². The topological polar surface area (TPSA) is 90.1 Å². The average Bonchev–Trinajstić information content (AvgIpc) is 2.15. The van der Waals surface area contributed by atoms with Gasteiger partial charge in [0.05, 0.1) is 6.10 Å². The quantitative estimate of drug-likeness (QED) is 0.796. The minimum absolute atomic E-state index is 0.0295. The summed E-state index contributed by atoms with van der Waals surface area (Å²) in [5.74, 6) is 0.500. The van der Waals surface area contributed by atoms with Gasteiger partial charge in [-0.2, -0.15) is 0 Å². The van der Waals surface area contributed by atoms with Crippen LogP contribution in [0.5, 0.6) is 5.88 Å². The summed E-state index contributed by atoms with van der Waals surface area (Å²) in [7, 11) is 0. The minimum Gasteiger partial charge on any atom is -0.475 e. The second-order valence-corrected chi connectivity index (χ2v) is 4.52. The molecule has 0 radical (unpaired) electrons. The molecule has 1 amide bonds. The van der Waals surface area contributed by atoms with Gasteiger partial charge in [-0.05, 0) is 27.7 Å². The van der Waals surface area contributed by atoms with Crippen LogP contribution in [0.2, 0.25) is 0 Å². The smallest absolute Gasteiger partial charge is 0.242 e. The Kier molecular flexibility index (Phi) is 3.88. The fourth-order valence-corrected chi connectivity index (χ4v) is 1.10. The number of carbonyl (C=O) groups excluding carboxylic acids is 1. The van der Waals surface area contributed by atoms with Crippen LogP contribution in [0.4, 0.5) is 5.82 Å². The van der Waals surface area contributed by atoms with E-state index in [0.29, 0.717) is 11.7 Å². The number of rotatable bonds is 5. The average molecular weight is 238 g/mol. The van der Waals surface area contributed by atoms with Crippen molar-refractivity contribution in [2.75, 3.05) is 5.32 Å². The fourth-order valence-electron chi connectivity index (χ4n) is 1.10. The molecule has 0 atom stereocenters. The zero-order chi connectivity index (χ0) is 13.1. The molecule has 0 aliphatic heterocycles. The van der Waals surface area contributed by atoms with E-state index in [-0.39, 0.29) is 6.10 Å². The lowest BCUT2D eigenvalue weighted by atomic mass is 10.1. The van der Waals surface area contributed by atoms with Crippen molar-refractivity contribution < 1.29 is 9.53 Å². The molecule has 3 N–H and O–H groups in total. The van der Waals surface area contributed by atoms with Gasteiger partial charge in [-0.25, -0.2) is 9.97 Å². The van der Waals surface area contributed by atoms with E-state index in [0.717, 1.165) is 0 Å². The zero-order valence-electron chi connectivity index (χ0n) is 10.5. The number of nitrogens with zero attached hydrogens (tertiary/aromatic N) is 2. The molecule has 0 aromatic carbocycles. The van der Waals surface area contributed by atoms with E-state index < -0.39 is 11.4 Å². The van der Waals surface area contributed by atoms with Crippen LogP contribution < -0.4 is 15.8 Å². The van der Waals surface area contributed by atoms with Gasteiger partial charge in [-0.15, -0.1) is 0 Å². The van der Waals surface area contributed by atoms with Gasteiger partial charge in [-0.3, -0.25) is 4.79 Å². The number of hydrogen-bond acceptors (Lipinski definition) is 5. The molecule has 0 saturated heterocycles. The summed E-state index contributed by atoms with van der Waals surface area (Å²) in [6.45, 7) is 7.17. The Labute approximate surface area is 101 Å². The summed E-state index contributed by atoms with van der Waals surface area (Å²) in [6, 6.07) is 1.63. The second-order valence-electron chi connectivity index (χ2n) is 4.52. The third-order valence-corrected chi connectivity index (χ3v) is 2.06. The highest BCUT2D eigenvalue weighted by molar-refractivity contribution is 5.86. The summed E-state index contributed by atoms with van der Waals surface area (Å²) in [6.07, 6.45) is 1.40. The summed E-state index contributed by atoms with van der Waals surface area (Å²) >= 11 is 0. The van der Waals surface area contributed by atoms with Crippen LogP contribution in [0.3, 0.4) is 0 Å². The lowest BCUT2D eigenvalue weighted by Gasteiger charge is -2.22. The molecule has 6 nitrogen and oxygen atoms in total. The number of hydrogen-bond donors (Lipinski definition) is 2. The van der Waals surface area contributed by atoms with E-state index in [1.165, 1.54) is 6.33 Å². The molecule has 0 bridgehead atoms. The Morgan fingerprint density at radius 2 is 2.12 bits per heavy atom. The highest BCUT2D eigenvalue weighted by Crippen LogP contribution is 2.16. The number of carbonyl (C=O) groups is 1. The number of anilines is 1. The largest absolute Gasteiger partial charge is 0.475 e. The third kappa shape index (κ3) is 3.90. The molecule has 0 aliphatic rings. The van der Waals surface area contributed by atoms with Crippen molar-refractivity contribution in [1.82, 2.24) is 9.97 Å². The van der Waals surface area contributed by atoms with Crippen LogP contribution in [-0.4, -0.2) is 27.5 Å². The van der Waals surface area contributed by atoms with E-state index >= 15 is 0 Å². The van der Waals surface area contributed by atoms with Gasteiger partial charge in [0.15, 0.2) is 0 Å². The highest BCUT2D eigenvalue weighted by atomic mass is 16.5. The molecule has 94 valence electrons. The standard InChI is InChI=1S/C11H18N4O2/c1-7(2)17-9-5-8(13-6-14-9)15-11(3,4)10(12)16/h5-7H,1-4H3,(H2,12,16)(H,13,14,15). The molecule has 1 rings (SSSR count). The number of nitrogens with two attached hydrogens (primary N) is 1. The highest BCUT2D eigenvalue weighted by Gasteiger charge is 2.25. The van der Waals surface area contributed by atoms with Gasteiger partial charge < -0.3 is 15.8 Å². The van der Waals surface area contributed by atoms with E-state index in [9.17, 15) is 4.79 Å². The molecule has 0 saturated carbocycles. The van der Waals surface area contributed by atoms with E-state index in [2.05, 4.69) is 15.3 Å². The number of ether oxygens (including phenoxy) is 1. The summed E-state index contributed by atoms with van der Waals surface area (Å²) < 4.78 is 5.42. The van der Waals surface area contributed by atoms with Crippen molar-refractivity contribution in [2.24, 2.45) is 5.73 Å². The van der Waals surface area contributed by atoms with Crippen LogP contribution in [0.25, 0.3) is 0 Å². The van der Waals surface area contributed by atoms with Gasteiger partial charge in [0, 0.05) is 6.07 Å². The maximum atomic E-state index is 11.2. The summed E-state index contributed by atoms with van der Waals surface area (Å²) in [5.41, 5.74) is 4.39. The molecule has 1 aromatic heterocycles. The predicted octanol–water partition coefficient (Wildman–Crippen LogP) is 0.940. The molecule has 0 aliphatic carbocycles. The first-order valence-electron chi connectivity index (χ1n) is 5.38. The van der Waals surface area contributed by atoms with Crippen molar-refractivity contribution in [1.29, 1.82) is 0 Å². The van der Waals surface area contributed by atoms with Crippen LogP contribution >= 0.6 is 0 Å². The molecule has 0 spiro atoms. The lowest BCUT2D eigenvalue weighted by Crippen LogP contribution is -2.45. The summed E-state index contributed by atoms with van der Waals surface area (Å²) in [4.78, 5) is 19.1. The molecule has 1 heterocycles. The fraction of sp³-hybridized carbons (Fsp3) is 0.545.